The number of aromatic nitrogens is 2. The summed E-state index contributed by atoms with van der Waals surface area (Å²) in [5.74, 6) is -0.422. The van der Waals surface area contributed by atoms with Gasteiger partial charge in [-0.2, -0.15) is 5.26 Å². The van der Waals surface area contributed by atoms with E-state index in [1.54, 1.807) is 25.1 Å². The second kappa shape index (κ2) is 11.5. The van der Waals surface area contributed by atoms with Gasteiger partial charge in [0.15, 0.2) is 0 Å². The van der Waals surface area contributed by atoms with Gasteiger partial charge in [0.1, 0.15) is 30.0 Å². The van der Waals surface area contributed by atoms with Crippen LogP contribution < -0.4 is 10.1 Å². The molecule has 6 rings (SSSR count). The van der Waals surface area contributed by atoms with E-state index in [0.717, 1.165) is 32.1 Å². The third-order valence-electron chi connectivity index (χ3n) is 10.0. The first-order chi connectivity index (χ1) is 20.9. The van der Waals surface area contributed by atoms with Crippen molar-refractivity contribution in [2.24, 2.45) is 29.1 Å². The highest BCUT2D eigenvalue weighted by Gasteiger charge is 2.55. The molecule has 1 aromatic carbocycles. The SMILES string of the molecule is C[C@@H]1[C@@H]2CN(C(=O)[C@H](C(C)(C)C)NC(=O)O[C@@H]3C[C@@H]4C[C@@H]4[C@H]3CCCCCc3nc4ccc(C#N)cc4nc3O2)[C@@H]1C(=O)O. The maximum atomic E-state index is 14.1. The van der Waals surface area contributed by atoms with Crippen LogP contribution in [0.3, 0.4) is 0 Å². The highest BCUT2D eigenvalue weighted by Crippen LogP contribution is 2.57. The molecule has 0 radical (unpaired) electrons. The fraction of sp³-hybridized carbons (Fsp3) is 0.636. The molecule has 234 valence electrons. The number of nitrogens with one attached hydrogen (secondary N) is 1. The van der Waals surface area contributed by atoms with Crippen molar-refractivity contribution in [2.75, 3.05) is 6.54 Å². The number of aliphatic carboxylic acids is 1. The molecule has 2 aromatic rings. The number of carbonyl (C=O) groups is 3. The molecule has 8 atom stereocenters. The highest BCUT2D eigenvalue weighted by atomic mass is 16.6. The number of ether oxygens (including phenoxy) is 2. The maximum Gasteiger partial charge on any atom is 0.408 e. The Bertz CT molecular complexity index is 1510. The van der Waals surface area contributed by atoms with Crippen molar-refractivity contribution in [3.05, 3.63) is 29.5 Å². The smallest absolute Gasteiger partial charge is 0.408 e. The Kier molecular flexibility index (Phi) is 7.89. The van der Waals surface area contributed by atoms with Crippen molar-refractivity contribution >= 4 is 29.0 Å². The zero-order valence-corrected chi connectivity index (χ0v) is 25.8. The number of nitriles is 1. The molecule has 3 heterocycles. The number of alkyl carbamates (subject to hydrolysis) is 1. The van der Waals surface area contributed by atoms with E-state index in [1.807, 2.05) is 20.8 Å². The maximum absolute atomic E-state index is 14.1. The van der Waals surface area contributed by atoms with Gasteiger partial charge in [0.2, 0.25) is 11.8 Å². The summed E-state index contributed by atoms with van der Waals surface area (Å²) in [6.07, 6.45) is 4.96. The highest BCUT2D eigenvalue weighted by molar-refractivity contribution is 5.90. The molecule has 44 heavy (non-hydrogen) atoms. The topological polar surface area (TPSA) is 155 Å². The van der Waals surface area contributed by atoms with E-state index in [-0.39, 0.29) is 12.6 Å². The lowest BCUT2D eigenvalue weighted by Gasteiger charge is -2.35. The predicted octanol–water partition coefficient (Wildman–Crippen LogP) is 4.46. The minimum Gasteiger partial charge on any atom is -0.480 e. The van der Waals surface area contributed by atoms with Crippen LogP contribution in [0.1, 0.15) is 77.5 Å². The molecule has 2 bridgehead atoms. The number of carbonyl (C=O) groups excluding carboxylic acids is 2. The van der Waals surface area contributed by atoms with E-state index in [9.17, 15) is 24.8 Å². The van der Waals surface area contributed by atoms with Crippen LogP contribution >= 0.6 is 0 Å². The largest absolute Gasteiger partial charge is 0.480 e. The van der Waals surface area contributed by atoms with Gasteiger partial charge < -0.3 is 24.8 Å². The van der Waals surface area contributed by atoms with E-state index in [1.165, 1.54) is 11.3 Å². The summed E-state index contributed by atoms with van der Waals surface area (Å²) in [4.78, 5) is 50.8. The average Bonchev–Trinajstić information content (AvgIpc) is 3.53. The molecular formula is C33H41N5O6. The molecule has 2 saturated carbocycles. The molecule has 2 amide bonds. The number of carboxylic acids is 1. The molecular weight excluding hydrogens is 562 g/mol. The second-order valence-corrected chi connectivity index (χ2v) is 14.1. The van der Waals surface area contributed by atoms with Crippen LogP contribution in [0, 0.1) is 40.4 Å². The Labute approximate surface area is 257 Å². The van der Waals surface area contributed by atoms with Crippen LogP contribution in [0.5, 0.6) is 5.88 Å². The quantitative estimate of drug-likeness (QED) is 0.481. The number of fused-ring (bicyclic) bond motifs is 7. The molecule has 11 heteroatoms. The minimum atomic E-state index is -1.16. The van der Waals surface area contributed by atoms with Crippen molar-refractivity contribution in [1.82, 2.24) is 20.2 Å². The standard InChI is InChI=1S/C33H41N5O6/c1-17-26-16-38(27(17)31(40)41)30(39)28(33(2,3)4)37-32(42)44-25-14-19-13-21(19)20(25)8-6-5-7-9-23-29(43-26)36-24-12-18(15-34)10-11-22(24)35-23/h10-12,17,19-21,25-28H,5-9,13-14,16H2,1-4H3,(H,37,42)(H,40,41)/t17-,19+,20-,21+,25-,26+,27+,28-/m1/s1. The summed E-state index contributed by atoms with van der Waals surface area (Å²) in [6.45, 7) is 7.27. The molecule has 11 nitrogen and oxygen atoms in total. The summed E-state index contributed by atoms with van der Waals surface area (Å²) < 4.78 is 12.4. The summed E-state index contributed by atoms with van der Waals surface area (Å²) in [5.41, 5.74) is 1.58. The first-order valence-electron chi connectivity index (χ1n) is 15.8. The third-order valence-corrected chi connectivity index (χ3v) is 10.0. The lowest BCUT2D eigenvalue weighted by atomic mass is 9.85. The zero-order valence-electron chi connectivity index (χ0n) is 25.8. The van der Waals surface area contributed by atoms with Crippen molar-refractivity contribution in [2.45, 2.75) is 96.9 Å². The molecule has 3 fully saturated rings. The Hall–Kier alpha value is -3.94. The number of benzene rings is 1. The van der Waals surface area contributed by atoms with Gasteiger partial charge in [0.05, 0.1) is 29.2 Å². The Morgan fingerprint density at radius 1 is 1.07 bits per heavy atom. The minimum absolute atomic E-state index is 0.00568. The van der Waals surface area contributed by atoms with Gasteiger partial charge in [-0.25, -0.2) is 19.6 Å². The number of nitrogens with zero attached hydrogens (tertiary/aromatic N) is 4. The fourth-order valence-electron chi connectivity index (χ4n) is 7.54. The fourth-order valence-corrected chi connectivity index (χ4v) is 7.54. The van der Waals surface area contributed by atoms with Gasteiger partial charge >= 0.3 is 12.1 Å². The molecule has 0 spiro atoms. The number of carboxylic acid groups (broad SMARTS) is 1. The number of hydrogen-bond donors (Lipinski definition) is 2. The average molecular weight is 604 g/mol. The van der Waals surface area contributed by atoms with Gasteiger partial charge in [-0.1, -0.05) is 40.5 Å². The third kappa shape index (κ3) is 5.78. The summed E-state index contributed by atoms with van der Waals surface area (Å²) >= 11 is 0. The second-order valence-electron chi connectivity index (χ2n) is 14.1. The van der Waals surface area contributed by atoms with E-state index >= 15 is 0 Å². The van der Waals surface area contributed by atoms with E-state index < -0.39 is 47.5 Å². The van der Waals surface area contributed by atoms with Crippen molar-refractivity contribution < 1.29 is 29.0 Å². The molecule has 2 N–H and O–H groups in total. The Morgan fingerprint density at radius 3 is 2.59 bits per heavy atom. The van der Waals surface area contributed by atoms with Gasteiger partial charge in [-0.15, -0.1) is 0 Å². The first-order valence-corrected chi connectivity index (χ1v) is 15.8. The van der Waals surface area contributed by atoms with Gasteiger partial charge in [0.25, 0.3) is 0 Å². The van der Waals surface area contributed by atoms with Crippen LogP contribution in [-0.2, 0) is 20.7 Å². The van der Waals surface area contributed by atoms with Crippen molar-refractivity contribution in [3.8, 4) is 11.9 Å². The molecule has 2 aliphatic heterocycles. The first kappa shape index (κ1) is 30.1. The monoisotopic (exact) mass is 603 g/mol. The Balaban J connectivity index is 1.36. The molecule has 1 aromatic heterocycles. The lowest BCUT2D eigenvalue weighted by molar-refractivity contribution is -0.151. The summed E-state index contributed by atoms with van der Waals surface area (Å²) in [5, 5.41) is 22.5. The van der Waals surface area contributed by atoms with Crippen LogP contribution in [0.15, 0.2) is 18.2 Å². The molecule has 1 saturated heterocycles. The van der Waals surface area contributed by atoms with E-state index in [4.69, 9.17) is 19.4 Å². The van der Waals surface area contributed by atoms with Gasteiger partial charge in [-0.3, -0.25) is 4.79 Å². The van der Waals surface area contributed by atoms with Crippen molar-refractivity contribution in [3.63, 3.8) is 0 Å². The van der Waals surface area contributed by atoms with Crippen LogP contribution in [0.25, 0.3) is 11.0 Å². The number of hydrogen-bond acceptors (Lipinski definition) is 8. The normalized spacial score (nSPS) is 32.6. The van der Waals surface area contributed by atoms with Crippen molar-refractivity contribution in [1.29, 1.82) is 5.26 Å². The van der Waals surface area contributed by atoms with Crippen LogP contribution in [0.2, 0.25) is 0 Å². The summed E-state index contributed by atoms with van der Waals surface area (Å²) in [6, 6.07) is 5.11. The van der Waals surface area contributed by atoms with E-state index in [0.29, 0.717) is 52.3 Å². The molecule has 4 aliphatic rings. The van der Waals surface area contributed by atoms with Crippen LogP contribution in [-0.4, -0.2) is 68.8 Å². The summed E-state index contributed by atoms with van der Waals surface area (Å²) in [7, 11) is 0. The molecule has 0 unspecified atom stereocenters. The number of rotatable bonds is 1. The lowest BCUT2D eigenvalue weighted by Crippen LogP contribution is -2.57. The van der Waals surface area contributed by atoms with Gasteiger partial charge in [-0.05, 0) is 73.5 Å². The van der Waals surface area contributed by atoms with Gasteiger partial charge in [0, 0.05) is 5.92 Å². The number of amides is 2. The van der Waals surface area contributed by atoms with Crippen LogP contribution in [0.4, 0.5) is 4.79 Å². The zero-order chi connectivity index (χ0) is 31.3. The molecule has 2 aliphatic carbocycles. The predicted molar refractivity (Wildman–Crippen MR) is 159 cm³/mol. The van der Waals surface area contributed by atoms with E-state index in [2.05, 4.69) is 11.4 Å². The number of aryl methyl sites for hydroxylation is 1. The Morgan fingerprint density at radius 2 is 1.86 bits per heavy atom.